The molecule has 2 aromatic carbocycles. The minimum absolute atomic E-state index is 0.0653. The fourth-order valence-corrected chi connectivity index (χ4v) is 5.01. The molecule has 0 spiro atoms. The van der Waals surface area contributed by atoms with Crippen LogP contribution in [0.5, 0.6) is 5.75 Å². The lowest BCUT2D eigenvalue weighted by atomic mass is 10.0. The molecule has 1 N–H and O–H groups in total. The number of benzene rings is 2. The molecule has 1 fully saturated rings. The van der Waals surface area contributed by atoms with Crippen LogP contribution in [-0.2, 0) is 17.8 Å². The molecule has 8 heteroatoms. The molecule has 1 saturated heterocycles. The fourth-order valence-electron chi connectivity index (χ4n) is 5.01. The van der Waals surface area contributed by atoms with Crippen molar-refractivity contribution in [3.05, 3.63) is 83.9 Å². The summed E-state index contributed by atoms with van der Waals surface area (Å²) in [6.45, 7) is 2.77. The van der Waals surface area contributed by atoms with E-state index in [2.05, 4.69) is 15.3 Å². The van der Waals surface area contributed by atoms with Gasteiger partial charge in [0.05, 0.1) is 36.2 Å². The summed E-state index contributed by atoms with van der Waals surface area (Å²) >= 11 is 0. The Kier molecular flexibility index (Phi) is 6.66. The highest BCUT2D eigenvalue weighted by Gasteiger charge is 2.33. The van der Waals surface area contributed by atoms with E-state index >= 15 is 0 Å². The number of imidazole rings is 1. The van der Waals surface area contributed by atoms with Gasteiger partial charge in [-0.15, -0.1) is 0 Å². The van der Waals surface area contributed by atoms with E-state index in [4.69, 9.17) is 4.74 Å². The van der Waals surface area contributed by atoms with Gasteiger partial charge in [-0.1, -0.05) is 24.3 Å². The van der Waals surface area contributed by atoms with Crippen molar-refractivity contribution in [3.63, 3.8) is 0 Å². The average Bonchev–Trinajstić information content (AvgIpc) is 3.55. The number of hydrogen-bond donors (Lipinski definition) is 1. The van der Waals surface area contributed by atoms with E-state index in [9.17, 15) is 9.59 Å². The molecule has 0 unspecified atom stereocenters. The van der Waals surface area contributed by atoms with E-state index in [0.717, 1.165) is 41.8 Å². The second kappa shape index (κ2) is 10.2. The second-order valence-corrected chi connectivity index (χ2v) is 8.98. The molecule has 3 heterocycles. The van der Waals surface area contributed by atoms with Crippen LogP contribution in [0.2, 0.25) is 0 Å². The number of hydrogen-bond acceptors (Lipinski definition) is 5. The Bertz CT molecular complexity index is 1400. The molecular formula is C28H29N5O3. The van der Waals surface area contributed by atoms with Gasteiger partial charge in [-0.25, -0.2) is 4.98 Å². The molecule has 4 aromatic rings. The minimum Gasteiger partial charge on any atom is -0.496 e. The molecule has 8 nitrogen and oxygen atoms in total. The van der Waals surface area contributed by atoms with Crippen molar-refractivity contribution in [1.29, 1.82) is 0 Å². The van der Waals surface area contributed by atoms with Gasteiger partial charge in [0.2, 0.25) is 5.91 Å². The van der Waals surface area contributed by atoms with Gasteiger partial charge in [0.15, 0.2) is 0 Å². The SMILES string of the molecule is COc1ccccc1[C@H]1CCCN1C(=O)c1cc(NC(C)=O)c2c(c1)ncn2CCc1ccccn1. The van der Waals surface area contributed by atoms with Crippen LogP contribution < -0.4 is 10.1 Å². The number of amides is 2. The first-order chi connectivity index (χ1) is 17.5. The molecule has 0 saturated carbocycles. The van der Waals surface area contributed by atoms with E-state index in [0.29, 0.717) is 29.9 Å². The molecule has 0 bridgehead atoms. The Morgan fingerprint density at radius 2 is 1.94 bits per heavy atom. The van der Waals surface area contributed by atoms with Crippen molar-refractivity contribution in [2.24, 2.45) is 0 Å². The summed E-state index contributed by atoms with van der Waals surface area (Å²) in [5.41, 5.74) is 4.52. The van der Waals surface area contributed by atoms with Crippen molar-refractivity contribution >= 4 is 28.5 Å². The summed E-state index contributed by atoms with van der Waals surface area (Å²) in [5, 5.41) is 2.91. The van der Waals surface area contributed by atoms with Gasteiger partial charge in [-0.3, -0.25) is 14.6 Å². The zero-order valence-corrected chi connectivity index (χ0v) is 20.5. The lowest BCUT2D eigenvalue weighted by molar-refractivity contribution is -0.114. The normalized spacial score (nSPS) is 15.3. The topological polar surface area (TPSA) is 89.4 Å². The quantitative estimate of drug-likeness (QED) is 0.414. The smallest absolute Gasteiger partial charge is 0.254 e. The first kappa shape index (κ1) is 23.5. The summed E-state index contributed by atoms with van der Waals surface area (Å²) < 4.78 is 7.56. The minimum atomic E-state index is -0.202. The Morgan fingerprint density at radius 3 is 2.72 bits per heavy atom. The van der Waals surface area contributed by atoms with E-state index in [1.165, 1.54) is 6.92 Å². The zero-order chi connectivity index (χ0) is 25.1. The van der Waals surface area contributed by atoms with E-state index in [1.54, 1.807) is 25.7 Å². The molecular weight excluding hydrogens is 454 g/mol. The third kappa shape index (κ3) is 4.66. The number of para-hydroxylation sites is 1. The maximum absolute atomic E-state index is 13.8. The number of aromatic nitrogens is 3. The number of rotatable bonds is 7. The standard InChI is InChI=1S/C28H29N5O3/c1-19(34)31-24-17-20(16-23-27(24)32(18-30-23)15-12-21-8-5-6-13-29-21)28(35)33-14-7-10-25(33)22-9-3-4-11-26(22)36-2/h3-6,8-9,11,13,16-18,25H,7,10,12,14-15H2,1-2H3,(H,31,34)/t25-/m1/s1. The van der Waals surface area contributed by atoms with E-state index in [-0.39, 0.29) is 17.9 Å². The summed E-state index contributed by atoms with van der Waals surface area (Å²) in [7, 11) is 1.65. The molecule has 2 amide bonds. The van der Waals surface area contributed by atoms with Gasteiger partial charge in [-0.05, 0) is 43.2 Å². The second-order valence-electron chi connectivity index (χ2n) is 8.98. The lowest BCUT2D eigenvalue weighted by Crippen LogP contribution is -2.31. The van der Waals surface area contributed by atoms with E-state index < -0.39 is 0 Å². The van der Waals surface area contributed by atoms with Crippen LogP contribution in [0.15, 0.2) is 67.1 Å². The third-order valence-electron chi connectivity index (χ3n) is 6.62. The van der Waals surface area contributed by atoms with Gasteiger partial charge in [-0.2, -0.15) is 0 Å². The monoisotopic (exact) mass is 483 g/mol. The number of nitrogens with zero attached hydrogens (tertiary/aromatic N) is 4. The summed E-state index contributed by atoms with van der Waals surface area (Å²) in [5.74, 6) is 0.495. The first-order valence-corrected chi connectivity index (χ1v) is 12.2. The van der Waals surface area contributed by atoms with E-state index in [1.807, 2.05) is 58.0 Å². The number of methoxy groups -OCH3 is 1. The average molecular weight is 484 g/mol. The van der Waals surface area contributed by atoms with Crippen LogP contribution >= 0.6 is 0 Å². The van der Waals surface area contributed by atoms with Crippen molar-refractivity contribution in [2.45, 2.75) is 38.8 Å². The molecule has 2 aromatic heterocycles. The highest BCUT2D eigenvalue weighted by molar-refractivity contribution is 6.05. The molecule has 1 aliphatic heterocycles. The van der Waals surface area contributed by atoms with Crippen LogP contribution in [0.25, 0.3) is 11.0 Å². The van der Waals surface area contributed by atoms with Gasteiger partial charge < -0.3 is 19.5 Å². The largest absolute Gasteiger partial charge is 0.496 e. The number of ether oxygens (including phenoxy) is 1. The number of nitrogens with one attached hydrogen (secondary N) is 1. The Balaban J connectivity index is 1.48. The van der Waals surface area contributed by atoms with Crippen molar-refractivity contribution in [2.75, 3.05) is 19.0 Å². The highest BCUT2D eigenvalue weighted by atomic mass is 16.5. The van der Waals surface area contributed by atoms with Crippen molar-refractivity contribution < 1.29 is 14.3 Å². The fraction of sp³-hybridized carbons (Fsp3) is 0.286. The Morgan fingerprint density at radius 1 is 1.11 bits per heavy atom. The number of fused-ring (bicyclic) bond motifs is 1. The Hall–Kier alpha value is -4.20. The van der Waals surface area contributed by atoms with Gasteiger partial charge in [0.1, 0.15) is 5.75 Å². The molecule has 0 radical (unpaired) electrons. The number of carbonyl (C=O) groups excluding carboxylic acids is 2. The molecule has 1 aliphatic rings. The van der Waals surface area contributed by atoms with Gasteiger partial charge >= 0.3 is 0 Å². The maximum Gasteiger partial charge on any atom is 0.254 e. The van der Waals surface area contributed by atoms with Crippen LogP contribution in [-0.4, -0.2) is 44.9 Å². The maximum atomic E-state index is 13.8. The van der Waals surface area contributed by atoms with Crippen LogP contribution in [0, 0.1) is 0 Å². The van der Waals surface area contributed by atoms with Crippen molar-refractivity contribution in [3.8, 4) is 5.75 Å². The molecule has 0 aliphatic carbocycles. The van der Waals surface area contributed by atoms with Gasteiger partial charge in [0, 0.05) is 49.5 Å². The lowest BCUT2D eigenvalue weighted by Gasteiger charge is -2.26. The first-order valence-electron chi connectivity index (χ1n) is 12.2. The number of carbonyl (C=O) groups is 2. The summed E-state index contributed by atoms with van der Waals surface area (Å²) in [6, 6.07) is 17.2. The summed E-state index contributed by atoms with van der Waals surface area (Å²) in [4.78, 5) is 36.7. The predicted molar refractivity (Wildman–Crippen MR) is 138 cm³/mol. The number of anilines is 1. The van der Waals surface area contributed by atoms with Crippen LogP contribution in [0.1, 0.15) is 47.4 Å². The van der Waals surface area contributed by atoms with Gasteiger partial charge in [0.25, 0.3) is 5.91 Å². The number of likely N-dealkylation sites (tertiary alicyclic amines) is 1. The predicted octanol–water partition coefficient (Wildman–Crippen LogP) is 4.62. The summed E-state index contributed by atoms with van der Waals surface area (Å²) in [6.07, 6.45) is 6.03. The molecule has 1 atom stereocenters. The molecule has 184 valence electrons. The third-order valence-corrected chi connectivity index (χ3v) is 6.62. The molecule has 36 heavy (non-hydrogen) atoms. The zero-order valence-electron chi connectivity index (χ0n) is 20.5. The Labute approximate surface area is 209 Å². The highest BCUT2D eigenvalue weighted by Crippen LogP contribution is 2.38. The number of pyridine rings is 1. The van der Waals surface area contributed by atoms with Crippen LogP contribution in [0.3, 0.4) is 0 Å². The number of aryl methyl sites for hydroxylation is 2. The van der Waals surface area contributed by atoms with Crippen LogP contribution in [0.4, 0.5) is 5.69 Å². The van der Waals surface area contributed by atoms with Crippen molar-refractivity contribution in [1.82, 2.24) is 19.4 Å². The molecule has 5 rings (SSSR count).